The number of aromatic nitrogens is 3. The second-order valence-corrected chi connectivity index (χ2v) is 5.77. The van der Waals surface area contributed by atoms with Crippen molar-refractivity contribution < 1.29 is 9.47 Å². The summed E-state index contributed by atoms with van der Waals surface area (Å²) in [4.78, 5) is 4.44. The Morgan fingerprint density at radius 1 is 0.963 bits per heavy atom. The minimum atomic E-state index is 0.486. The van der Waals surface area contributed by atoms with Crippen molar-refractivity contribution >= 4 is 17.5 Å². The molecule has 140 valence electrons. The van der Waals surface area contributed by atoms with Gasteiger partial charge in [0, 0.05) is 12.2 Å². The average molecular weight is 365 g/mol. The molecule has 3 aromatic rings. The minimum absolute atomic E-state index is 0.486. The van der Waals surface area contributed by atoms with E-state index in [1.807, 2.05) is 55.5 Å². The van der Waals surface area contributed by atoms with Gasteiger partial charge in [-0.25, -0.2) is 0 Å². The van der Waals surface area contributed by atoms with Crippen LogP contribution < -0.4 is 20.1 Å². The summed E-state index contributed by atoms with van der Waals surface area (Å²) in [5, 5.41) is 14.4. The summed E-state index contributed by atoms with van der Waals surface area (Å²) in [5.74, 6) is 2.80. The molecule has 0 atom stereocenters. The fourth-order valence-electron chi connectivity index (χ4n) is 2.50. The van der Waals surface area contributed by atoms with Crippen LogP contribution >= 0.6 is 0 Å². The maximum absolute atomic E-state index is 5.44. The number of nitrogens with zero attached hydrogens (tertiary/aromatic N) is 3. The number of ether oxygens (including phenoxy) is 2. The zero-order valence-electron chi connectivity index (χ0n) is 15.5. The van der Waals surface area contributed by atoms with E-state index >= 15 is 0 Å². The Kier molecular flexibility index (Phi) is 6.40. The highest BCUT2D eigenvalue weighted by Crippen LogP contribution is 2.19. The van der Waals surface area contributed by atoms with Gasteiger partial charge in [-0.05, 0) is 55.3 Å². The van der Waals surface area contributed by atoms with Crippen molar-refractivity contribution in [2.24, 2.45) is 0 Å². The summed E-state index contributed by atoms with van der Waals surface area (Å²) in [5.41, 5.74) is 2.11. The second kappa shape index (κ2) is 9.38. The van der Waals surface area contributed by atoms with Gasteiger partial charge in [-0.15, -0.1) is 5.10 Å². The highest BCUT2D eigenvalue weighted by atomic mass is 16.5. The SMILES string of the molecule is CCOc1ccc(Nc2cnnc(NCCc3ccc(OC)cc3)n2)cc1. The number of anilines is 3. The molecule has 0 spiro atoms. The van der Waals surface area contributed by atoms with Crippen LogP contribution in [0.4, 0.5) is 17.5 Å². The van der Waals surface area contributed by atoms with Gasteiger partial charge in [0.05, 0.1) is 19.9 Å². The summed E-state index contributed by atoms with van der Waals surface area (Å²) in [6, 6.07) is 15.7. The van der Waals surface area contributed by atoms with E-state index in [0.717, 1.165) is 23.6 Å². The molecular weight excluding hydrogens is 342 g/mol. The van der Waals surface area contributed by atoms with Crippen LogP contribution in [-0.2, 0) is 6.42 Å². The summed E-state index contributed by atoms with van der Waals surface area (Å²) in [6.07, 6.45) is 2.44. The molecule has 0 saturated heterocycles. The first-order chi connectivity index (χ1) is 13.3. The number of hydrogen-bond donors (Lipinski definition) is 2. The monoisotopic (exact) mass is 365 g/mol. The van der Waals surface area contributed by atoms with E-state index in [4.69, 9.17) is 9.47 Å². The van der Waals surface area contributed by atoms with Gasteiger partial charge in [0.2, 0.25) is 5.95 Å². The maximum Gasteiger partial charge on any atom is 0.244 e. The molecule has 2 aromatic carbocycles. The molecule has 3 rings (SSSR count). The maximum atomic E-state index is 5.44. The molecule has 0 radical (unpaired) electrons. The van der Waals surface area contributed by atoms with Gasteiger partial charge in [-0.1, -0.05) is 12.1 Å². The number of benzene rings is 2. The topological polar surface area (TPSA) is 81.2 Å². The Balaban J connectivity index is 1.53. The normalized spacial score (nSPS) is 10.3. The number of hydrogen-bond acceptors (Lipinski definition) is 7. The third-order valence-electron chi connectivity index (χ3n) is 3.85. The quantitative estimate of drug-likeness (QED) is 0.599. The predicted molar refractivity (Wildman–Crippen MR) is 106 cm³/mol. The fraction of sp³-hybridized carbons (Fsp3) is 0.250. The van der Waals surface area contributed by atoms with Crippen molar-refractivity contribution in [1.82, 2.24) is 15.2 Å². The molecule has 0 fully saturated rings. The third-order valence-corrected chi connectivity index (χ3v) is 3.85. The van der Waals surface area contributed by atoms with Crippen molar-refractivity contribution in [2.75, 3.05) is 30.9 Å². The Morgan fingerprint density at radius 3 is 2.41 bits per heavy atom. The fourth-order valence-corrected chi connectivity index (χ4v) is 2.50. The van der Waals surface area contributed by atoms with Crippen LogP contribution in [-0.4, -0.2) is 35.4 Å². The van der Waals surface area contributed by atoms with Crippen LogP contribution in [0.25, 0.3) is 0 Å². The van der Waals surface area contributed by atoms with Gasteiger partial charge < -0.3 is 20.1 Å². The molecule has 7 heteroatoms. The molecule has 0 amide bonds. The van der Waals surface area contributed by atoms with E-state index in [1.165, 1.54) is 5.56 Å². The van der Waals surface area contributed by atoms with E-state index in [1.54, 1.807) is 13.3 Å². The first-order valence-electron chi connectivity index (χ1n) is 8.83. The second-order valence-electron chi connectivity index (χ2n) is 5.77. The first kappa shape index (κ1) is 18.4. The molecule has 0 aliphatic carbocycles. The highest BCUT2D eigenvalue weighted by Gasteiger charge is 2.02. The highest BCUT2D eigenvalue weighted by molar-refractivity contribution is 5.57. The van der Waals surface area contributed by atoms with Crippen LogP contribution in [0.1, 0.15) is 12.5 Å². The average Bonchev–Trinajstić information content (AvgIpc) is 2.71. The largest absolute Gasteiger partial charge is 0.497 e. The van der Waals surface area contributed by atoms with Crippen LogP contribution in [0, 0.1) is 0 Å². The Bertz CT molecular complexity index is 838. The first-order valence-corrected chi connectivity index (χ1v) is 8.83. The Labute approximate surface area is 158 Å². The van der Waals surface area contributed by atoms with Gasteiger partial charge in [0.1, 0.15) is 11.5 Å². The summed E-state index contributed by atoms with van der Waals surface area (Å²) in [6.45, 7) is 3.32. The van der Waals surface area contributed by atoms with Crippen LogP contribution in [0.2, 0.25) is 0 Å². The standard InChI is InChI=1S/C20H23N5O2/c1-3-27-18-10-6-16(7-11-18)23-19-14-22-25-20(24-19)21-13-12-15-4-8-17(26-2)9-5-15/h4-11,14H,3,12-13H2,1-2H3,(H2,21,23,24,25). The predicted octanol–water partition coefficient (Wildman–Crippen LogP) is 3.68. The van der Waals surface area contributed by atoms with Crippen molar-refractivity contribution in [3.63, 3.8) is 0 Å². The molecule has 0 aliphatic heterocycles. The van der Waals surface area contributed by atoms with Crippen LogP contribution in [0.5, 0.6) is 11.5 Å². The van der Waals surface area contributed by atoms with Crippen molar-refractivity contribution in [3.8, 4) is 11.5 Å². The summed E-state index contributed by atoms with van der Waals surface area (Å²) >= 11 is 0. The smallest absolute Gasteiger partial charge is 0.244 e. The Hall–Kier alpha value is -3.35. The van der Waals surface area contributed by atoms with E-state index in [0.29, 0.717) is 24.9 Å². The third kappa shape index (κ3) is 5.57. The van der Waals surface area contributed by atoms with Crippen molar-refractivity contribution in [3.05, 3.63) is 60.3 Å². The number of methoxy groups -OCH3 is 1. The summed E-state index contributed by atoms with van der Waals surface area (Å²) in [7, 11) is 1.66. The van der Waals surface area contributed by atoms with Crippen LogP contribution in [0.15, 0.2) is 54.7 Å². The molecule has 1 aromatic heterocycles. The minimum Gasteiger partial charge on any atom is -0.497 e. The van der Waals surface area contributed by atoms with E-state index < -0.39 is 0 Å². The van der Waals surface area contributed by atoms with E-state index in [9.17, 15) is 0 Å². The van der Waals surface area contributed by atoms with Gasteiger partial charge >= 0.3 is 0 Å². The van der Waals surface area contributed by atoms with Crippen LogP contribution in [0.3, 0.4) is 0 Å². The van der Waals surface area contributed by atoms with Gasteiger partial charge in [-0.2, -0.15) is 10.1 Å². The molecule has 0 bridgehead atoms. The number of nitrogens with one attached hydrogen (secondary N) is 2. The van der Waals surface area contributed by atoms with Crippen molar-refractivity contribution in [2.45, 2.75) is 13.3 Å². The lowest BCUT2D eigenvalue weighted by Crippen LogP contribution is -2.09. The lowest BCUT2D eigenvalue weighted by molar-refractivity contribution is 0.340. The molecule has 0 saturated carbocycles. The molecule has 7 nitrogen and oxygen atoms in total. The van der Waals surface area contributed by atoms with Gasteiger partial charge in [0.25, 0.3) is 0 Å². The van der Waals surface area contributed by atoms with Gasteiger partial charge in [-0.3, -0.25) is 0 Å². The number of rotatable bonds is 9. The molecule has 1 heterocycles. The van der Waals surface area contributed by atoms with Crippen molar-refractivity contribution in [1.29, 1.82) is 0 Å². The van der Waals surface area contributed by atoms with E-state index in [-0.39, 0.29) is 0 Å². The van der Waals surface area contributed by atoms with Gasteiger partial charge in [0.15, 0.2) is 5.82 Å². The molecule has 0 aliphatic rings. The molecule has 0 unspecified atom stereocenters. The molecule has 2 N–H and O–H groups in total. The zero-order chi connectivity index (χ0) is 18.9. The lowest BCUT2D eigenvalue weighted by atomic mass is 10.1. The Morgan fingerprint density at radius 2 is 1.70 bits per heavy atom. The lowest BCUT2D eigenvalue weighted by Gasteiger charge is -2.09. The zero-order valence-corrected chi connectivity index (χ0v) is 15.5. The summed E-state index contributed by atoms with van der Waals surface area (Å²) < 4.78 is 10.6. The van der Waals surface area contributed by atoms with E-state index in [2.05, 4.69) is 25.8 Å². The molecular formula is C20H23N5O2. The molecule has 27 heavy (non-hydrogen) atoms.